The van der Waals surface area contributed by atoms with Gasteiger partial charge in [0.15, 0.2) is 0 Å². The van der Waals surface area contributed by atoms with Crippen molar-refractivity contribution in [2.24, 2.45) is 0 Å². The summed E-state index contributed by atoms with van der Waals surface area (Å²) in [5.41, 5.74) is 0. The van der Waals surface area contributed by atoms with Crippen molar-refractivity contribution in [3.63, 3.8) is 0 Å². The van der Waals surface area contributed by atoms with E-state index in [9.17, 15) is 0 Å². The predicted molar refractivity (Wildman–Crippen MR) is 68.3 cm³/mol. The molecule has 0 radical (unpaired) electrons. The highest BCUT2D eigenvalue weighted by Crippen LogP contribution is 2.26. The number of ether oxygens (including phenoxy) is 1. The summed E-state index contributed by atoms with van der Waals surface area (Å²) >= 11 is 5.31. The van der Waals surface area contributed by atoms with E-state index < -0.39 is 0 Å². The van der Waals surface area contributed by atoms with E-state index in [1.807, 2.05) is 0 Å². The molecule has 0 aliphatic heterocycles. The minimum atomic E-state index is 0.501. The van der Waals surface area contributed by atoms with E-state index in [4.69, 9.17) is 4.74 Å². The van der Waals surface area contributed by atoms with Crippen molar-refractivity contribution in [3.05, 3.63) is 20.8 Å². The normalized spacial score (nSPS) is 19.0. The number of thiophene rings is 1. The molecule has 1 aromatic heterocycles. The van der Waals surface area contributed by atoms with Gasteiger partial charge in [-0.05, 0) is 40.2 Å². The summed E-state index contributed by atoms with van der Waals surface area (Å²) in [4.78, 5) is 1.32. The average molecular weight is 289 g/mol. The van der Waals surface area contributed by atoms with E-state index in [0.717, 1.165) is 6.61 Å². The standard InChI is InChI=1S/C12H17BrOS/c13-11-7-8-15-12(11)9-14-10-5-3-1-2-4-6-10/h7-8,10H,1-6,9H2. The molecule has 15 heavy (non-hydrogen) atoms. The fourth-order valence-corrected chi connectivity index (χ4v) is 3.42. The Labute approximate surface area is 104 Å². The molecule has 1 fully saturated rings. The van der Waals surface area contributed by atoms with Crippen LogP contribution in [-0.4, -0.2) is 6.10 Å². The summed E-state index contributed by atoms with van der Waals surface area (Å²) in [6.07, 6.45) is 8.48. The largest absolute Gasteiger partial charge is 0.373 e. The zero-order valence-electron chi connectivity index (χ0n) is 8.88. The third-order valence-electron chi connectivity index (χ3n) is 2.94. The third-order valence-corrected chi connectivity index (χ3v) is 4.84. The number of rotatable bonds is 3. The molecule has 0 N–H and O–H groups in total. The maximum absolute atomic E-state index is 5.97. The van der Waals surface area contributed by atoms with Crippen LogP contribution in [0.1, 0.15) is 43.4 Å². The Morgan fingerprint density at radius 3 is 2.60 bits per heavy atom. The molecular formula is C12H17BrOS. The first kappa shape index (κ1) is 11.6. The smallest absolute Gasteiger partial charge is 0.0824 e. The molecule has 1 aliphatic rings. The van der Waals surface area contributed by atoms with Gasteiger partial charge in [-0.2, -0.15) is 0 Å². The Morgan fingerprint density at radius 1 is 1.27 bits per heavy atom. The van der Waals surface area contributed by atoms with Crippen molar-refractivity contribution >= 4 is 27.3 Å². The van der Waals surface area contributed by atoms with E-state index in [1.54, 1.807) is 11.3 Å². The molecule has 0 spiro atoms. The second-order valence-electron chi connectivity index (χ2n) is 4.12. The molecule has 0 amide bonds. The highest BCUT2D eigenvalue weighted by molar-refractivity contribution is 9.10. The van der Waals surface area contributed by atoms with Crippen LogP contribution in [0.25, 0.3) is 0 Å². The van der Waals surface area contributed by atoms with Crippen LogP contribution >= 0.6 is 27.3 Å². The van der Waals surface area contributed by atoms with Gasteiger partial charge in [-0.1, -0.05) is 25.7 Å². The van der Waals surface area contributed by atoms with Gasteiger partial charge in [-0.15, -0.1) is 11.3 Å². The highest BCUT2D eigenvalue weighted by Gasteiger charge is 2.13. The summed E-state index contributed by atoms with van der Waals surface area (Å²) in [6, 6.07) is 2.09. The average Bonchev–Trinajstić information content (AvgIpc) is 2.53. The zero-order valence-corrected chi connectivity index (χ0v) is 11.3. The fourth-order valence-electron chi connectivity index (χ4n) is 2.03. The highest BCUT2D eigenvalue weighted by atomic mass is 79.9. The van der Waals surface area contributed by atoms with Gasteiger partial charge in [-0.3, -0.25) is 0 Å². The van der Waals surface area contributed by atoms with Crippen LogP contribution in [-0.2, 0) is 11.3 Å². The zero-order chi connectivity index (χ0) is 10.5. The van der Waals surface area contributed by atoms with Gasteiger partial charge in [0, 0.05) is 9.35 Å². The first-order valence-electron chi connectivity index (χ1n) is 5.70. The molecule has 1 nitrogen and oxygen atoms in total. The van der Waals surface area contributed by atoms with Gasteiger partial charge < -0.3 is 4.74 Å². The van der Waals surface area contributed by atoms with Gasteiger partial charge in [0.05, 0.1) is 12.7 Å². The van der Waals surface area contributed by atoms with Crippen molar-refractivity contribution in [3.8, 4) is 0 Å². The van der Waals surface area contributed by atoms with Gasteiger partial charge in [-0.25, -0.2) is 0 Å². The lowest BCUT2D eigenvalue weighted by atomic mass is 10.1. The summed E-state index contributed by atoms with van der Waals surface area (Å²) in [6.45, 7) is 0.781. The SMILES string of the molecule is Brc1ccsc1COC1CCCCCC1. The number of hydrogen-bond donors (Lipinski definition) is 0. The molecule has 1 aliphatic carbocycles. The molecular weight excluding hydrogens is 272 g/mol. The first-order valence-corrected chi connectivity index (χ1v) is 7.37. The lowest BCUT2D eigenvalue weighted by Gasteiger charge is -2.14. The summed E-state index contributed by atoms with van der Waals surface area (Å²) in [7, 11) is 0. The lowest BCUT2D eigenvalue weighted by Crippen LogP contribution is -2.10. The summed E-state index contributed by atoms with van der Waals surface area (Å²) in [5, 5.41) is 2.11. The number of halogens is 1. The van der Waals surface area contributed by atoms with Crippen LogP contribution in [0.4, 0.5) is 0 Å². The maximum Gasteiger partial charge on any atom is 0.0824 e. The van der Waals surface area contributed by atoms with Crippen LogP contribution in [0.15, 0.2) is 15.9 Å². The predicted octanol–water partition coefficient (Wildman–Crippen LogP) is 4.75. The Bertz CT molecular complexity index is 290. The van der Waals surface area contributed by atoms with Crippen molar-refractivity contribution in [2.45, 2.75) is 51.2 Å². The Balaban J connectivity index is 1.79. The first-order chi connectivity index (χ1) is 7.36. The Hall–Kier alpha value is 0.140. The van der Waals surface area contributed by atoms with Gasteiger partial charge in [0.1, 0.15) is 0 Å². The molecule has 1 heterocycles. The van der Waals surface area contributed by atoms with E-state index in [0.29, 0.717) is 6.10 Å². The lowest BCUT2D eigenvalue weighted by molar-refractivity contribution is 0.0322. The minimum Gasteiger partial charge on any atom is -0.373 e. The monoisotopic (exact) mass is 288 g/mol. The van der Waals surface area contributed by atoms with Gasteiger partial charge in [0.2, 0.25) is 0 Å². The quantitative estimate of drug-likeness (QED) is 0.730. The van der Waals surface area contributed by atoms with Crippen LogP contribution in [0.5, 0.6) is 0 Å². The minimum absolute atomic E-state index is 0.501. The molecule has 3 heteroatoms. The Kier molecular flexibility index (Phi) is 4.66. The van der Waals surface area contributed by atoms with E-state index in [1.165, 1.54) is 47.9 Å². The number of hydrogen-bond acceptors (Lipinski definition) is 2. The molecule has 0 aromatic carbocycles. The van der Waals surface area contributed by atoms with Crippen molar-refractivity contribution in [1.82, 2.24) is 0 Å². The molecule has 1 saturated carbocycles. The van der Waals surface area contributed by atoms with Crippen LogP contribution in [0.2, 0.25) is 0 Å². The molecule has 0 atom stereocenters. The van der Waals surface area contributed by atoms with Crippen LogP contribution in [0.3, 0.4) is 0 Å². The maximum atomic E-state index is 5.97. The Morgan fingerprint density at radius 2 is 2.00 bits per heavy atom. The van der Waals surface area contributed by atoms with Crippen molar-refractivity contribution in [1.29, 1.82) is 0 Å². The van der Waals surface area contributed by atoms with Crippen LogP contribution < -0.4 is 0 Å². The van der Waals surface area contributed by atoms with Crippen molar-refractivity contribution < 1.29 is 4.74 Å². The van der Waals surface area contributed by atoms with Gasteiger partial charge in [0.25, 0.3) is 0 Å². The summed E-state index contributed by atoms with van der Waals surface area (Å²) in [5.74, 6) is 0. The van der Waals surface area contributed by atoms with E-state index >= 15 is 0 Å². The molecule has 0 bridgehead atoms. The fraction of sp³-hybridized carbons (Fsp3) is 0.667. The second-order valence-corrected chi connectivity index (χ2v) is 5.97. The molecule has 2 rings (SSSR count). The van der Waals surface area contributed by atoms with Crippen LogP contribution in [0, 0.1) is 0 Å². The topological polar surface area (TPSA) is 9.23 Å². The second kappa shape index (κ2) is 6.02. The van der Waals surface area contributed by atoms with E-state index in [-0.39, 0.29) is 0 Å². The third kappa shape index (κ3) is 3.58. The molecule has 0 saturated heterocycles. The summed E-state index contributed by atoms with van der Waals surface area (Å²) < 4.78 is 7.16. The molecule has 1 aromatic rings. The van der Waals surface area contributed by atoms with E-state index in [2.05, 4.69) is 27.4 Å². The molecule has 0 unspecified atom stereocenters. The molecule has 84 valence electrons. The van der Waals surface area contributed by atoms with Crippen molar-refractivity contribution in [2.75, 3.05) is 0 Å². The van der Waals surface area contributed by atoms with Gasteiger partial charge >= 0.3 is 0 Å².